The zero-order valence-electron chi connectivity index (χ0n) is 7.51. The number of hydrogen-bond donors (Lipinski definition) is 0. The molecule has 0 amide bonds. The molecule has 1 saturated heterocycles. The van der Waals surface area contributed by atoms with Crippen LogP contribution in [0.2, 0.25) is 6.04 Å². The molecule has 0 aliphatic carbocycles. The van der Waals surface area contributed by atoms with Crippen LogP contribution in [0.1, 0.15) is 33.1 Å². The van der Waals surface area contributed by atoms with Gasteiger partial charge in [-0.15, -0.1) is 0 Å². The Morgan fingerprint density at radius 2 is 2.36 bits per heavy atom. The zero-order valence-corrected chi connectivity index (χ0v) is 8.66. The van der Waals surface area contributed by atoms with Crippen LogP contribution in [0.5, 0.6) is 0 Å². The maximum Gasteiger partial charge on any atom is 0.321 e. The maximum absolute atomic E-state index is 5.76. The third-order valence-electron chi connectivity index (χ3n) is 2.10. The minimum absolute atomic E-state index is 0.407. The molecule has 0 spiro atoms. The summed E-state index contributed by atoms with van der Waals surface area (Å²) in [5.74, 6) is 0. The van der Waals surface area contributed by atoms with Gasteiger partial charge in [0.25, 0.3) is 0 Å². The minimum atomic E-state index is -1.20. The van der Waals surface area contributed by atoms with Gasteiger partial charge in [0.1, 0.15) is 0 Å². The average molecular weight is 174 g/mol. The molecule has 2 atom stereocenters. The van der Waals surface area contributed by atoms with Gasteiger partial charge >= 0.3 is 9.28 Å². The van der Waals surface area contributed by atoms with E-state index >= 15 is 0 Å². The van der Waals surface area contributed by atoms with E-state index in [4.69, 9.17) is 8.85 Å². The van der Waals surface area contributed by atoms with Gasteiger partial charge in [-0.2, -0.15) is 0 Å². The predicted molar refractivity (Wildman–Crippen MR) is 48.0 cm³/mol. The molecule has 2 nitrogen and oxygen atoms in total. The van der Waals surface area contributed by atoms with Gasteiger partial charge in [-0.05, 0) is 32.2 Å². The molecular formula is C8H18O2Si. The van der Waals surface area contributed by atoms with E-state index in [0.29, 0.717) is 6.10 Å². The van der Waals surface area contributed by atoms with Crippen LogP contribution >= 0.6 is 0 Å². The Bertz CT molecular complexity index is 102. The van der Waals surface area contributed by atoms with Crippen molar-refractivity contribution in [1.82, 2.24) is 0 Å². The molecule has 1 aliphatic rings. The molecule has 0 saturated carbocycles. The van der Waals surface area contributed by atoms with Gasteiger partial charge in [-0.25, -0.2) is 0 Å². The fourth-order valence-electron chi connectivity index (χ4n) is 1.17. The molecule has 3 heteroatoms. The van der Waals surface area contributed by atoms with Crippen LogP contribution in [0.25, 0.3) is 0 Å². The molecule has 11 heavy (non-hydrogen) atoms. The minimum Gasteiger partial charge on any atom is -0.397 e. The molecule has 0 N–H and O–H groups in total. The summed E-state index contributed by atoms with van der Waals surface area (Å²) in [6.45, 7) is 5.22. The Morgan fingerprint density at radius 1 is 1.55 bits per heavy atom. The Hall–Kier alpha value is 0.137. The van der Waals surface area contributed by atoms with E-state index in [-0.39, 0.29) is 0 Å². The van der Waals surface area contributed by atoms with E-state index in [2.05, 4.69) is 13.8 Å². The monoisotopic (exact) mass is 174 g/mol. The van der Waals surface area contributed by atoms with Crippen molar-refractivity contribution in [2.45, 2.75) is 45.3 Å². The number of rotatable bonds is 3. The third-order valence-corrected chi connectivity index (χ3v) is 4.35. The fraction of sp³-hybridized carbons (Fsp3) is 1.00. The summed E-state index contributed by atoms with van der Waals surface area (Å²) >= 11 is 0. The lowest BCUT2D eigenvalue weighted by atomic mass is 10.3. The molecule has 1 heterocycles. The molecule has 0 radical (unpaired) electrons. The second-order valence-electron chi connectivity index (χ2n) is 3.15. The van der Waals surface area contributed by atoms with Gasteiger partial charge in [0.15, 0.2) is 0 Å². The second-order valence-corrected chi connectivity index (χ2v) is 5.19. The van der Waals surface area contributed by atoms with E-state index in [0.717, 1.165) is 13.0 Å². The van der Waals surface area contributed by atoms with E-state index in [1.54, 1.807) is 0 Å². The van der Waals surface area contributed by atoms with Gasteiger partial charge < -0.3 is 8.85 Å². The van der Waals surface area contributed by atoms with Crippen LogP contribution < -0.4 is 0 Å². The molecule has 1 aliphatic heterocycles. The first-order valence-corrected chi connectivity index (χ1v) is 6.36. The normalized spacial score (nSPS) is 28.4. The second kappa shape index (κ2) is 4.90. The first kappa shape index (κ1) is 9.23. The van der Waals surface area contributed by atoms with Crippen LogP contribution in [-0.2, 0) is 8.85 Å². The molecule has 1 fully saturated rings. The maximum atomic E-state index is 5.76. The third kappa shape index (κ3) is 3.36. The highest BCUT2D eigenvalue weighted by atomic mass is 28.3. The van der Waals surface area contributed by atoms with Crippen molar-refractivity contribution in [2.24, 2.45) is 0 Å². The molecule has 0 aromatic carbocycles. The van der Waals surface area contributed by atoms with Crippen molar-refractivity contribution in [3.63, 3.8) is 0 Å². The van der Waals surface area contributed by atoms with Gasteiger partial charge in [0.05, 0.1) is 0 Å². The fourth-order valence-corrected chi connectivity index (χ4v) is 3.32. The Labute approximate surface area is 70.7 Å². The number of hydrogen-bond acceptors (Lipinski definition) is 2. The van der Waals surface area contributed by atoms with Crippen molar-refractivity contribution in [3.8, 4) is 0 Å². The van der Waals surface area contributed by atoms with Crippen molar-refractivity contribution >= 4 is 9.28 Å². The molecule has 2 unspecified atom stereocenters. The summed E-state index contributed by atoms with van der Waals surface area (Å²) in [5.41, 5.74) is 0. The summed E-state index contributed by atoms with van der Waals surface area (Å²) < 4.78 is 11.3. The van der Waals surface area contributed by atoms with E-state index in [1.807, 2.05) is 0 Å². The van der Waals surface area contributed by atoms with E-state index < -0.39 is 9.28 Å². The Kier molecular flexibility index (Phi) is 4.11. The Balaban J connectivity index is 2.13. The van der Waals surface area contributed by atoms with Crippen molar-refractivity contribution < 1.29 is 8.85 Å². The van der Waals surface area contributed by atoms with E-state index in [9.17, 15) is 0 Å². The summed E-state index contributed by atoms with van der Waals surface area (Å²) in [6.07, 6.45) is 4.05. The molecular weight excluding hydrogens is 156 g/mol. The van der Waals surface area contributed by atoms with Crippen LogP contribution in [0.4, 0.5) is 0 Å². The van der Waals surface area contributed by atoms with Gasteiger partial charge in [0, 0.05) is 12.7 Å². The summed E-state index contributed by atoms with van der Waals surface area (Å²) in [4.78, 5) is 0. The first-order valence-electron chi connectivity index (χ1n) is 4.60. The van der Waals surface area contributed by atoms with Crippen molar-refractivity contribution in [2.75, 3.05) is 6.61 Å². The van der Waals surface area contributed by atoms with Crippen LogP contribution in [0.15, 0.2) is 0 Å². The highest BCUT2D eigenvalue weighted by Crippen LogP contribution is 2.13. The quantitative estimate of drug-likeness (QED) is 0.608. The summed E-state index contributed by atoms with van der Waals surface area (Å²) in [5, 5.41) is 0. The predicted octanol–water partition coefficient (Wildman–Crippen LogP) is 1.83. The van der Waals surface area contributed by atoms with Crippen LogP contribution in [-0.4, -0.2) is 22.0 Å². The Morgan fingerprint density at radius 3 is 2.91 bits per heavy atom. The summed E-state index contributed by atoms with van der Waals surface area (Å²) in [7, 11) is -1.20. The largest absolute Gasteiger partial charge is 0.397 e. The lowest BCUT2D eigenvalue weighted by Gasteiger charge is -2.23. The molecule has 0 bridgehead atoms. The smallest absolute Gasteiger partial charge is 0.321 e. The topological polar surface area (TPSA) is 18.5 Å². The zero-order chi connectivity index (χ0) is 8.10. The highest BCUT2D eigenvalue weighted by Gasteiger charge is 2.18. The SMILES string of the molecule is CCC(C)O[SiH]1CCCCO1. The van der Waals surface area contributed by atoms with E-state index in [1.165, 1.54) is 18.9 Å². The molecule has 1 rings (SSSR count). The van der Waals surface area contributed by atoms with Crippen LogP contribution in [0.3, 0.4) is 0 Å². The average Bonchev–Trinajstić information content (AvgIpc) is 2.06. The van der Waals surface area contributed by atoms with Gasteiger partial charge in [-0.3, -0.25) is 0 Å². The lowest BCUT2D eigenvalue weighted by Crippen LogP contribution is -2.30. The van der Waals surface area contributed by atoms with Crippen LogP contribution in [0, 0.1) is 0 Å². The lowest BCUT2D eigenvalue weighted by molar-refractivity contribution is 0.131. The highest BCUT2D eigenvalue weighted by molar-refractivity contribution is 6.44. The first-order chi connectivity index (χ1) is 5.33. The molecule has 0 aromatic rings. The molecule has 0 aromatic heterocycles. The van der Waals surface area contributed by atoms with Crippen molar-refractivity contribution in [1.29, 1.82) is 0 Å². The van der Waals surface area contributed by atoms with Gasteiger partial charge in [-0.1, -0.05) is 6.92 Å². The standard InChI is InChI=1S/C8H18O2Si/c1-3-8(2)10-11-7-5-4-6-9-11/h8,11H,3-7H2,1-2H3. The van der Waals surface area contributed by atoms with Crippen molar-refractivity contribution in [3.05, 3.63) is 0 Å². The molecule has 66 valence electrons. The van der Waals surface area contributed by atoms with Gasteiger partial charge in [0.2, 0.25) is 0 Å². The summed E-state index contributed by atoms with van der Waals surface area (Å²) in [6, 6.07) is 1.21.